The van der Waals surface area contributed by atoms with Gasteiger partial charge in [-0.1, -0.05) is 35.3 Å². The third kappa shape index (κ3) is 4.34. The molecule has 0 aliphatic rings. The summed E-state index contributed by atoms with van der Waals surface area (Å²) < 4.78 is 11.0. The maximum absolute atomic E-state index is 12.3. The highest BCUT2D eigenvalue weighted by Crippen LogP contribution is 2.35. The number of carboxylic acids is 2. The summed E-state index contributed by atoms with van der Waals surface area (Å²) in [5.74, 6) is -2.91. The maximum Gasteiger partial charge on any atom is 0.342 e. The normalized spacial score (nSPS) is 10.6. The van der Waals surface area contributed by atoms with E-state index in [4.69, 9.17) is 38.4 Å². The number of nitrogens with one attached hydrogen (secondary N) is 1. The van der Waals surface area contributed by atoms with Crippen molar-refractivity contribution >= 4 is 41.0 Å². The summed E-state index contributed by atoms with van der Waals surface area (Å²) in [6, 6.07) is 9.20. The number of nitrogen functional groups attached to an aromatic ring is 1. The number of hydrogen-bond acceptors (Lipinski definition) is 6. The predicted molar refractivity (Wildman–Crippen MR) is 118 cm³/mol. The molecular weight excluding hydrogens is 463 g/mol. The second-order valence-electron chi connectivity index (χ2n) is 6.47. The molecule has 0 aliphatic heterocycles. The molecule has 0 unspecified atom stereocenters. The number of halogens is 2. The Balaban J connectivity index is 2.17. The summed E-state index contributed by atoms with van der Waals surface area (Å²) in [6.07, 6.45) is 0. The van der Waals surface area contributed by atoms with Crippen LogP contribution in [-0.4, -0.2) is 34.2 Å². The first-order valence-electron chi connectivity index (χ1n) is 8.92. The van der Waals surface area contributed by atoms with Crippen molar-refractivity contribution in [2.75, 3.05) is 12.8 Å². The molecule has 166 valence electrons. The van der Waals surface area contributed by atoms with Gasteiger partial charge in [-0.15, -0.1) is 0 Å². The largest absolute Gasteiger partial charge is 0.496 e. The summed E-state index contributed by atoms with van der Waals surface area (Å²) in [4.78, 5) is 37.9. The highest BCUT2D eigenvalue weighted by molar-refractivity contribution is 6.42. The van der Waals surface area contributed by atoms with Crippen LogP contribution < -0.4 is 20.8 Å². The van der Waals surface area contributed by atoms with E-state index in [1.807, 2.05) is 0 Å². The van der Waals surface area contributed by atoms with E-state index >= 15 is 0 Å². The smallest absolute Gasteiger partial charge is 0.342 e. The number of carbonyl (C=O) groups is 2. The first-order chi connectivity index (χ1) is 15.1. The zero-order chi connectivity index (χ0) is 23.6. The first-order valence-corrected chi connectivity index (χ1v) is 9.67. The number of rotatable bonds is 7. The van der Waals surface area contributed by atoms with Crippen LogP contribution in [0.3, 0.4) is 0 Å². The second-order valence-corrected chi connectivity index (χ2v) is 7.26. The average Bonchev–Trinajstić information content (AvgIpc) is 2.73. The van der Waals surface area contributed by atoms with Gasteiger partial charge in [0.2, 0.25) is 0 Å². The lowest BCUT2D eigenvalue weighted by molar-refractivity contribution is 0.0695. The van der Waals surface area contributed by atoms with Crippen LogP contribution in [0.15, 0.2) is 41.2 Å². The number of H-pyrrole nitrogens is 1. The number of carboxylic acid groups (broad SMARTS) is 2. The van der Waals surface area contributed by atoms with Crippen LogP contribution in [0.25, 0.3) is 11.1 Å². The molecule has 11 heteroatoms. The standard InChI is InChI=1S/C21H16Cl2N2O7/c1-31-12-6-5-9(7-10(12)8-32-13-4-2-3-11(22)17(13)23)14-15(20(27)28)18(24)25-19(26)16(14)21(29)30/h2-7H,8H2,1H3,(H,27,28)(H,29,30)(H3,24,25,26). The number of methoxy groups -OCH3 is 1. The number of aromatic carboxylic acids is 2. The molecule has 9 nitrogen and oxygen atoms in total. The molecule has 0 saturated carbocycles. The minimum absolute atomic E-state index is 0.0828. The van der Waals surface area contributed by atoms with Crippen LogP contribution in [0.1, 0.15) is 26.3 Å². The lowest BCUT2D eigenvalue weighted by Crippen LogP contribution is -2.24. The molecule has 0 spiro atoms. The Kier molecular flexibility index (Phi) is 6.61. The molecule has 5 N–H and O–H groups in total. The van der Waals surface area contributed by atoms with Gasteiger partial charge in [0.05, 0.1) is 12.1 Å². The summed E-state index contributed by atoms with van der Waals surface area (Å²) in [5.41, 5.74) is 3.55. The minimum atomic E-state index is -1.61. The van der Waals surface area contributed by atoms with Crippen molar-refractivity contribution in [1.82, 2.24) is 4.98 Å². The molecule has 0 amide bonds. The number of benzene rings is 2. The molecular formula is C21H16Cl2N2O7. The van der Waals surface area contributed by atoms with Crippen LogP contribution in [0.5, 0.6) is 11.5 Å². The van der Waals surface area contributed by atoms with Gasteiger partial charge in [0.25, 0.3) is 5.56 Å². The lowest BCUT2D eigenvalue weighted by atomic mass is 9.94. The van der Waals surface area contributed by atoms with Gasteiger partial charge in [0.15, 0.2) is 0 Å². The van der Waals surface area contributed by atoms with Crippen LogP contribution in [0, 0.1) is 0 Å². The third-order valence-electron chi connectivity index (χ3n) is 4.54. The Bertz CT molecular complexity index is 1290. The maximum atomic E-state index is 12.3. The Morgan fingerprint density at radius 1 is 1.06 bits per heavy atom. The SMILES string of the molecule is COc1ccc(-c2c(C(=O)O)c(N)[nH]c(=O)c2C(=O)O)cc1COc1cccc(Cl)c1Cl. The number of hydrogen-bond donors (Lipinski definition) is 4. The van der Waals surface area contributed by atoms with Crippen LogP contribution in [-0.2, 0) is 6.61 Å². The van der Waals surface area contributed by atoms with Gasteiger partial charge in [-0.3, -0.25) is 4.79 Å². The van der Waals surface area contributed by atoms with Crippen LogP contribution >= 0.6 is 23.2 Å². The average molecular weight is 479 g/mol. The molecule has 3 rings (SSSR count). The summed E-state index contributed by atoms with van der Waals surface area (Å²) in [6.45, 7) is -0.0828. The summed E-state index contributed by atoms with van der Waals surface area (Å²) >= 11 is 12.1. The summed E-state index contributed by atoms with van der Waals surface area (Å²) in [5, 5.41) is 19.7. The monoisotopic (exact) mass is 478 g/mol. The molecule has 0 fully saturated rings. The molecule has 3 aromatic rings. The van der Waals surface area contributed by atoms with E-state index in [2.05, 4.69) is 4.98 Å². The van der Waals surface area contributed by atoms with Crippen LogP contribution in [0.2, 0.25) is 10.0 Å². The van der Waals surface area contributed by atoms with Crippen molar-refractivity contribution in [3.05, 3.63) is 73.5 Å². The molecule has 0 atom stereocenters. The number of ether oxygens (including phenoxy) is 2. The number of aromatic amines is 1. The van der Waals surface area contributed by atoms with Gasteiger partial charge in [-0.2, -0.15) is 0 Å². The van der Waals surface area contributed by atoms with Gasteiger partial charge in [-0.25, -0.2) is 9.59 Å². The molecule has 0 aliphatic carbocycles. The molecule has 32 heavy (non-hydrogen) atoms. The third-order valence-corrected chi connectivity index (χ3v) is 5.34. The van der Waals surface area contributed by atoms with E-state index in [0.29, 0.717) is 22.1 Å². The topological polar surface area (TPSA) is 152 Å². The Labute approximate surface area is 190 Å². The first kappa shape index (κ1) is 23.0. The number of aromatic nitrogens is 1. The van der Waals surface area contributed by atoms with E-state index in [0.717, 1.165) is 0 Å². The van der Waals surface area contributed by atoms with Gasteiger partial charge in [-0.05, 0) is 29.8 Å². The van der Waals surface area contributed by atoms with Crippen molar-refractivity contribution in [2.45, 2.75) is 6.61 Å². The zero-order valence-corrected chi connectivity index (χ0v) is 18.0. The minimum Gasteiger partial charge on any atom is -0.496 e. The molecule has 0 radical (unpaired) electrons. The van der Waals surface area contributed by atoms with Gasteiger partial charge in [0.1, 0.15) is 40.1 Å². The Hall–Kier alpha value is -3.69. The second kappa shape index (κ2) is 9.21. The number of pyridine rings is 1. The van der Waals surface area contributed by atoms with E-state index < -0.39 is 34.4 Å². The van der Waals surface area contributed by atoms with Crippen molar-refractivity contribution in [1.29, 1.82) is 0 Å². The Morgan fingerprint density at radius 2 is 1.75 bits per heavy atom. The quantitative estimate of drug-likeness (QED) is 0.398. The lowest BCUT2D eigenvalue weighted by Gasteiger charge is -2.16. The van der Waals surface area contributed by atoms with Crippen molar-refractivity contribution in [3.8, 4) is 22.6 Å². The fourth-order valence-electron chi connectivity index (χ4n) is 3.13. The van der Waals surface area contributed by atoms with E-state index in [1.165, 1.54) is 25.3 Å². The zero-order valence-electron chi connectivity index (χ0n) is 16.4. The summed E-state index contributed by atoms with van der Waals surface area (Å²) in [7, 11) is 1.42. The number of anilines is 1. The molecule has 0 bridgehead atoms. The Morgan fingerprint density at radius 3 is 2.38 bits per heavy atom. The molecule has 2 aromatic carbocycles. The van der Waals surface area contributed by atoms with E-state index in [9.17, 15) is 24.6 Å². The van der Waals surface area contributed by atoms with Crippen molar-refractivity contribution < 1.29 is 29.3 Å². The fraction of sp³-hybridized carbons (Fsp3) is 0.0952. The van der Waals surface area contributed by atoms with Crippen molar-refractivity contribution in [3.63, 3.8) is 0 Å². The van der Waals surface area contributed by atoms with Gasteiger partial charge < -0.3 is 30.4 Å². The molecule has 0 saturated heterocycles. The molecule has 1 aromatic heterocycles. The van der Waals surface area contributed by atoms with Gasteiger partial charge >= 0.3 is 11.9 Å². The van der Waals surface area contributed by atoms with E-state index in [1.54, 1.807) is 18.2 Å². The van der Waals surface area contributed by atoms with Crippen molar-refractivity contribution in [2.24, 2.45) is 0 Å². The number of nitrogens with two attached hydrogens (primary N) is 1. The predicted octanol–water partition coefficient (Wildman–Crippen LogP) is 3.91. The van der Waals surface area contributed by atoms with Gasteiger partial charge in [0, 0.05) is 11.1 Å². The van der Waals surface area contributed by atoms with E-state index in [-0.39, 0.29) is 22.8 Å². The fourth-order valence-corrected chi connectivity index (χ4v) is 3.48. The highest BCUT2D eigenvalue weighted by Gasteiger charge is 2.27. The molecule has 1 heterocycles. The van der Waals surface area contributed by atoms with Crippen LogP contribution in [0.4, 0.5) is 5.82 Å². The highest BCUT2D eigenvalue weighted by atomic mass is 35.5.